The molecule has 120 valence electrons. The number of nitrogens with zero attached hydrogens (tertiary/aromatic N) is 2. The molecule has 0 radical (unpaired) electrons. The molecule has 0 unspecified atom stereocenters. The van der Waals surface area contributed by atoms with Crippen LogP contribution in [0.3, 0.4) is 0 Å². The first-order valence-electron chi connectivity index (χ1n) is 8.06. The Morgan fingerprint density at radius 3 is 2.77 bits per heavy atom. The Bertz CT molecular complexity index is 510. The van der Waals surface area contributed by atoms with E-state index in [0.29, 0.717) is 12.8 Å². The van der Waals surface area contributed by atoms with Crippen LogP contribution >= 0.6 is 0 Å². The highest BCUT2D eigenvalue weighted by Crippen LogP contribution is 2.13. The minimum absolute atomic E-state index is 0.0402. The van der Waals surface area contributed by atoms with E-state index in [0.717, 1.165) is 12.2 Å². The summed E-state index contributed by atoms with van der Waals surface area (Å²) >= 11 is 0. The van der Waals surface area contributed by atoms with E-state index >= 15 is 0 Å². The molecule has 22 heavy (non-hydrogen) atoms. The number of pyridine rings is 1. The van der Waals surface area contributed by atoms with Gasteiger partial charge in [0.1, 0.15) is 0 Å². The van der Waals surface area contributed by atoms with Gasteiger partial charge in [-0.3, -0.25) is 19.5 Å². The van der Waals surface area contributed by atoms with Gasteiger partial charge in [-0.15, -0.1) is 0 Å². The van der Waals surface area contributed by atoms with Gasteiger partial charge in [0, 0.05) is 31.8 Å². The summed E-state index contributed by atoms with van der Waals surface area (Å²) in [7, 11) is 0. The van der Waals surface area contributed by atoms with Crippen molar-refractivity contribution in [2.45, 2.75) is 45.6 Å². The number of aryl methyl sites for hydroxylation is 1. The first-order chi connectivity index (χ1) is 10.6. The Morgan fingerprint density at radius 2 is 2.05 bits per heavy atom. The zero-order valence-electron chi connectivity index (χ0n) is 13.3. The smallest absolute Gasteiger partial charge is 0.217 e. The molecule has 1 aliphatic heterocycles. The van der Waals surface area contributed by atoms with E-state index in [-0.39, 0.29) is 18.2 Å². The number of amides is 1. The monoisotopic (exact) mass is 303 g/mol. The molecule has 1 aromatic rings. The summed E-state index contributed by atoms with van der Waals surface area (Å²) in [4.78, 5) is 29.3. The van der Waals surface area contributed by atoms with Crippen molar-refractivity contribution in [3.63, 3.8) is 0 Å². The van der Waals surface area contributed by atoms with E-state index in [1.807, 2.05) is 6.20 Å². The van der Waals surface area contributed by atoms with Gasteiger partial charge in [-0.05, 0) is 50.0 Å². The molecule has 5 nitrogen and oxygen atoms in total. The summed E-state index contributed by atoms with van der Waals surface area (Å²) in [5.74, 6) is -0.131. The van der Waals surface area contributed by atoms with Gasteiger partial charge in [0.2, 0.25) is 5.91 Å². The fourth-order valence-corrected chi connectivity index (χ4v) is 2.72. The molecule has 1 aromatic heterocycles. The van der Waals surface area contributed by atoms with E-state index in [9.17, 15) is 9.59 Å². The maximum atomic E-state index is 11.7. The largest absolute Gasteiger partial charge is 0.349 e. The molecular formula is C17H25N3O2. The normalized spacial score (nSPS) is 15.5. The second kappa shape index (κ2) is 8.63. The number of rotatable bonds is 7. The van der Waals surface area contributed by atoms with Crippen molar-refractivity contribution in [2.75, 3.05) is 19.6 Å². The van der Waals surface area contributed by atoms with Crippen LogP contribution < -0.4 is 5.32 Å². The van der Waals surface area contributed by atoms with Crippen molar-refractivity contribution in [3.8, 4) is 0 Å². The lowest BCUT2D eigenvalue weighted by Crippen LogP contribution is -2.29. The number of ketones is 1. The van der Waals surface area contributed by atoms with Crippen LogP contribution in [0.5, 0.6) is 0 Å². The average Bonchev–Trinajstić information content (AvgIpc) is 2.52. The van der Waals surface area contributed by atoms with Gasteiger partial charge in [-0.25, -0.2) is 0 Å². The summed E-state index contributed by atoms with van der Waals surface area (Å²) in [5.41, 5.74) is 2.21. The molecule has 1 saturated heterocycles. The van der Waals surface area contributed by atoms with Crippen molar-refractivity contribution in [1.29, 1.82) is 0 Å². The Hall–Kier alpha value is -1.75. The number of likely N-dealkylation sites (tertiary alicyclic amines) is 1. The maximum Gasteiger partial charge on any atom is 0.217 e. The first-order valence-corrected chi connectivity index (χ1v) is 8.06. The standard InChI is InChI=1S/C17H25N3O2/c1-14(21)19-12-17(22)6-5-16-11-15(7-8-18-16)13-20-9-3-2-4-10-20/h7-8,11H,2-6,9-10,12-13H2,1H3,(H,19,21). The molecule has 1 aliphatic rings. The second-order valence-electron chi connectivity index (χ2n) is 5.94. The number of piperidine rings is 1. The second-order valence-corrected chi connectivity index (χ2v) is 5.94. The fraction of sp³-hybridized carbons (Fsp3) is 0.588. The van der Waals surface area contributed by atoms with Gasteiger partial charge >= 0.3 is 0 Å². The molecule has 0 bridgehead atoms. The Morgan fingerprint density at radius 1 is 1.27 bits per heavy atom. The number of nitrogens with one attached hydrogen (secondary N) is 1. The molecule has 0 aromatic carbocycles. The van der Waals surface area contributed by atoms with E-state index in [1.54, 1.807) is 0 Å². The quantitative estimate of drug-likeness (QED) is 0.833. The fourth-order valence-electron chi connectivity index (χ4n) is 2.72. The zero-order valence-corrected chi connectivity index (χ0v) is 13.3. The van der Waals surface area contributed by atoms with Gasteiger partial charge in [0.25, 0.3) is 0 Å². The van der Waals surface area contributed by atoms with Crippen molar-refractivity contribution in [3.05, 3.63) is 29.6 Å². The molecule has 0 aliphatic carbocycles. The molecule has 0 atom stereocenters. The van der Waals surface area contributed by atoms with E-state index < -0.39 is 0 Å². The van der Waals surface area contributed by atoms with Crippen LogP contribution in [-0.4, -0.2) is 41.2 Å². The van der Waals surface area contributed by atoms with Crippen LogP contribution in [-0.2, 0) is 22.6 Å². The van der Waals surface area contributed by atoms with Crippen LogP contribution in [0.1, 0.15) is 43.9 Å². The Labute approximate surface area is 132 Å². The molecule has 1 N–H and O–H groups in total. The van der Waals surface area contributed by atoms with Crippen LogP contribution in [0.4, 0.5) is 0 Å². The Kier molecular flexibility index (Phi) is 6.52. The van der Waals surface area contributed by atoms with Crippen LogP contribution in [0.25, 0.3) is 0 Å². The number of hydrogen-bond acceptors (Lipinski definition) is 4. The van der Waals surface area contributed by atoms with Gasteiger partial charge in [0.05, 0.1) is 6.54 Å². The number of hydrogen-bond donors (Lipinski definition) is 1. The summed E-state index contributed by atoms with van der Waals surface area (Å²) in [5, 5.41) is 2.53. The number of Topliss-reactive ketones (excluding diaryl/α,β-unsaturated/α-hetero) is 1. The molecular weight excluding hydrogens is 278 g/mol. The van der Waals surface area contributed by atoms with Gasteiger partial charge in [-0.1, -0.05) is 6.42 Å². The topological polar surface area (TPSA) is 62.3 Å². The lowest BCUT2D eigenvalue weighted by Gasteiger charge is -2.26. The summed E-state index contributed by atoms with van der Waals surface area (Å²) in [6.07, 6.45) is 6.79. The SMILES string of the molecule is CC(=O)NCC(=O)CCc1cc(CN2CCCCC2)ccn1. The summed E-state index contributed by atoms with van der Waals surface area (Å²) < 4.78 is 0. The first kappa shape index (κ1) is 16.6. The highest BCUT2D eigenvalue weighted by Gasteiger charge is 2.11. The third-order valence-electron chi connectivity index (χ3n) is 3.93. The molecule has 1 amide bonds. The third-order valence-corrected chi connectivity index (χ3v) is 3.93. The Balaban J connectivity index is 1.80. The van der Waals surface area contributed by atoms with E-state index in [1.165, 1.54) is 44.8 Å². The number of aromatic nitrogens is 1. The van der Waals surface area contributed by atoms with E-state index in [2.05, 4.69) is 27.3 Å². The van der Waals surface area contributed by atoms with Crippen LogP contribution in [0.15, 0.2) is 18.3 Å². The minimum Gasteiger partial charge on any atom is -0.349 e. The van der Waals surface area contributed by atoms with Gasteiger partial charge < -0.3 is 5.32 Å². The summed E-state index contributed by atoms with van der Waals surface area (Å²) in [6.45, 7) is 4.84. The van der Waals surface area contributed by atoms with Crippen molar-refractivity contribution in [1.82, 2.24) is 15.2 Å². The van der Waals surface area contributed by atoms with E-state index in [4.69, 9.17) is 0 Å². The van der Waals surface area contributed by atoms with Crippen molar-refractivity contribution >= 4 is 11.7 Å². The maximum absolute atomic E-state index is 11.7. The minimum atomic E-state index is -0.171. The highest BCUT2D eigenvalue weighted by atomic mass is 16.2. The predicted molar refractivity (Wildman–Crippen MR) is 85.4 cm³/mol. The van der Waals surface area contributed by atoms with Crippen molar-refractivity contribution in [2.24, 2.45) is 0 Å². The number of carbonyl (C=O) groups is 2. The van der Waals surface area contributed by atoms with Crippen LogP contribution in [0.2, 0.25) is 0 Å². The lowest BCUT2D eigenvalue weighted by molar-refractivity contribution is -0.123. The summed E-state index contributed by atoms with van der Waals surface area (Å²) in [6, 6.07) is 4.15. The molecule has 1 fully saturated rings. The average molecular weight is 303 g/mol. The molecule has 5 heteroatoms. The van der Waals surface area contributed by atoms with Crippen LogP contribution in [0, 0.1) is 0 Å². The number of carbonyl (C=O) groups excluding carboxylic acids is 2. The molecule has 2 rings (SSSR count). The highest BCUT2D eigenvalue weighted by molar-refractivity contribution is 5.85. The molecule has 0 saturated carbocycles. The van der Waals surface area contributed by atoms with Gasteiger partial charge in [-0.2, -0.15) is 0 Å². The zero-order chi connectivity index (χ0) is 15.8. The molecule has 0 spiro atoms. The van der Waals surface area contributed by atoms with Crippen molar-refractivity contribution < 1.29 is 9.59 Å². The van der Waals surface area contributed by atoms with Gasteiger partial charge in [0.15, 0.2) is 5.78 Å². The third kappa shape index (κ3) is 5.93. The lowest BCUT2D eigenvalue weighted by atomic mass is 10.1. The predicted octanol–water partition coefficient (Wildman–Crippen LogP) is 1.71. The molecule has 2 heterocycles.